The molecule has 0 spiro atoms. The molecule has 2 atom stereocenters. The summed E-state index contributed by atoms with van der Waals surface area (Å²) in [7, 11) is 0. The van der Waals surface area contributed by atoms with E-state index in [-0.39, 0.29) is 17.5 Å². The highest BCUT2D eigenvalue weighted by Crippen LogP contribution is 2.32. The molecule has 0 radical (unpaired) electrons. The standard InChI is InChI=1S/C17H30N2O2/c1-5-19(6-2)12-8-9-13(3)18-14(4)17-15(20)10-7-11-16(17)21/h7,10-11,13-14,18,20-21H,5-6,8-9,12H2,1-4H3. The van der Waals surface area contributed by atoms with E-state index in [1.54, 1.807) is 18.2 Å². The molecule has 1 aromatic rings. The number of phenols is 2. The largest absolute Gasteiger partial charge is 0.507 e. The van der Waals surface area contributed by atoms with Gasteiger partial charge in [-0.15, -0.1) is 0 Å². The Morgan fingerprint density at radius 1 is 1.10 bits per heavy atom. The fourth-order valence-corrected chi connectivity index (χ4v) is 2.74. The zero-order chi connectivity index (χ0) is 15.8. The zero-order valence-electron chi connectivity index (χ0n) is 13.8. The van der Waals surface area contributed by atoms with Crippen LogP contribution >= 0.6 is 0 Å². The van der Waals surface area contributed by atoms with Crippen molar-refractivity contribution in [3.05, 3.63) is 23.8 Å². The van der Waals surface area contributed by atoms with Gasteiger partial charge in [0, 0.05) is 12.1 Å². The van der Waals surface area contributed by atoms with E-state index in [1.807, 2.05) is 6.92 Å². The van der Waals surface area contributed by atoms with Crippen molar-refractivity contribution in [3.8, 4) is 11.5 Å². The molecule has 0 saturated carbocycles. The van der Waals surface area contributed by atoms with Crippen molar-refractivity contribution in [2.75, 3.05) is 19.6 Å². The Hall–Kier alpha value is -1.26. The van der Waals surface area contributed by atoms with Crippen LogP contribution in [0.3, 0.4) is 0 Å². The molecule has 1 rings (SSSR count). The number of hydrogen-bond acceptors (Lipinski definition) is 4. The number of nitrogens with zero attached hydrogens (tertiary/aromatic N) is 1. The van der Waals surface area contributed by atoms with Crippen molar-refractivity contribution in [3.63, 3.8) is 0 Å². The van der Waals surface area contributed by atoms with Crippen molar-refractivity contribution in [2.45, 2.75) is 52.6 Å². The lowest BCUT2D eigenvalue weighted by atomic mass is 10.0. The molecule has 2 unspecified atom stereocenters. The summed E-state index contributed by atoms with van der Waals surface area (Å²) in [6.45, 7) is 11.8. The molecule has 1 aromatic carbocycles. The Morgan fingerprint density at radius 2 is 1.67 bits per heavy atom. The minimum atomic E-state index is -0.0744. The molecule has 0 aliphatic heterocycles. The number of rotatable bonds is 9. The first-order chi connectivity index (χ1) is 9.99. The minimum absolute atomic E-state index is 0.0744. The Bertz CT molecular complexity index is 399. The molecule has 21 heavy (non-hydrogen) atoms. The third-order valence-corrected chi connectivity index (χ3v) is 4.03. The molecule has 0 heterocycles. The van der Waals surface area contributed by atoms with Gasteiger partial charge < -0.3 is 20.4 Å². The Kier molecular flexibility index (Phi) is 7.54. The lowest BCUT2D eigenvalue weighted by molar-refractivity contribution is 0.288. The maximum Gasteiger partial charge on any atom is 0.124 e. The monoisotopic (exact) mass is 294 g/mol. The number of benzene rings is 1. The van der Waals surface area contributed by atoms with Gasteiger partial charge in [-0.2, -0.15) is 0 Å². The van der Waals surface area contributed by atoms with Crippen molar-refractivity contribution in [1.29, 1.82) is 0 Å². The van der Waals surface area contributed by atoms with Gasteiger partial charge in [-0.25, -0.2) is 0 Å². The van der Waals surface area contributed by atoms with Crippen LogP contribution in [0, 0.1) is 0 Å². The Balaban J connectivity index is 2.45. The van der Waals surface area contributed by atoms with Gasteiger partial charge in [0.05, 0.1) is 5.56 Å². The van der Waals surface area contributed by atoms with Crippen LogP contribution in [0.5, 0.6) is 11.5 Å². The maximum absolute atomic E-state index is 9.88. The van der Waals surface area contributed by atoms with Crippen LogP contribution < -0.4 is 5.32 Å². The second-order valence-electron chi connectivity index (χ2n) is 5.67. The third-order valence-electron chi connectivity index (χ3n) is 4.03. The molecule has 0 saturated heterocycles. The second-order valence-corrected chi connectivity index (χ2v) is 5.67. The lowest BCUT2D eigenvalue weighted by Crippen LogP contribution is -2.31. The summed E-state index contributed by atoms with van der Waals surface area (Å²) in [5.41, 5.74) is 0.577. The second kappa shape index (κ2) is 8.90. The molecule has 0 bridgehead atoms. The van der Waals surface area contributed by atoms with E-state index in [2.05, 4.69) is 31.0 Å². The topological polar surface area (TPSA) is 55.7 Å². The van der Waals surface area contributed by atoms with Crippen LogP contribution in [0.25, 0.3) is 0 Å². The molecule has 3 N–H and O–H groups in total. The molecule has 0 aliphatic rings. The zero-order valence-corrected chi connectivity index (χ0v) is 13.8. The summed E-state index contributed by atoms with van der Waals surface area (Å²) >= 11 is 0. The van der Waals surface area contributed by atoms with Crippen LogP contribution in [-0.2, 0) is 0 Å². The van der Waals surface area contributed by atoms with Crippen molar-refractivity contribution >= 4 is 0 Å². The van der Waals surface area contributed by atoms with Crippen molar-refractivity contribution in [2.24, 2.45) is 0 Å². The summed E-state index contributed by atoms with van der Waals surface area (Å²) in [6.07, 6.45) is 2.23. The molecular formula is C17H30N2O2. The average molecular weight is 294 g/mol. The SMILES string of the molecule is CCN(CC)CCCC(C)NC(C)c1c(O)cccc1O. The van der Waals surface area contributed by atoms with Crippen LogP contribution in [0.1, 0.15) is 52.1 Å². The normalized spacial score (nSPS) is 14.3. The highest BCUT2D eigenvalue weighted by atomic mass is 16.3. The van der Waals surface area contributed by atoms with Crippen LogP contribution in [-0.4, -0.2) is 40.8 Å². The highest BCUT2D eigenvalue weighted by Gasteiger charge is 2.16. The van der Waals surface area contributed by atoms with Crippen LogP contribution in [0.2, 0.25) is 0 Å². The predicted molar refractivity (Wildman–Crippen MR) is 87.8 cm³/mol. The van der Waals surface area contributed by atoms with Gasteiger partial charge in [-0.3, -0.25) is 0 Å². The van der Waals surface area contributed by atoms with Gasteiger partial charge in [-0.05, 0) is 58.5 Å². The van der Waals surface area contributed by atoms with E-state index in [1.165, 1.54) is 0 Å². The van der Waals surface area contributed by atoms with Gasteiger partial charge in [0.15, 0.2) is 0 Å². The maximum atomic E-state index is 9.88. The van der Waals surface area contributed by atoms with E-state index in [4.69, 9.17) is 0 Å². The van der Waals surface area contributed by atoms with Gasteiger partial charge in [-0.1, -0.05) is 19.9 Å². The van der Waals surface area contributed by atoms with Gasteiger partial charge in [0.25, 0.3) is 0 Å². The summed E-state index contributed by atoms with van der Waals surface area (Å²) in [5.74, 6) is 0.288. The molecule has 120 valence electrons. The van der Waals surface area contributed by atoms with Gasteiger partial charge in [0.1, 0.15) is 11.5 Å². The average Bonchev–Trinajstić information content (AvgIpc) is 2.43. The summed E-state index contributed by atoms with van der Waals surface area (Å²) < 4.78 is 0. The third kappa shape index (κ3) is 5.56. The minimum Gasteiger partial charge on any atom is -0.507 e. The smallest absolute Gasteiger partial charge is 0.124 e. The fraction of sp³-hybridized carbons (Fsp3) is 0.647. The van der Waals surface area contributed by atoms with Crippen molar-refractivity contribution in [1.82, 2.24) is 10.2 Å². The van der Waals surface area contributed by atoms with E-state index < -0.39 is 0 Å². The molecule has 0 aliphatic carbocycles. The Labute approximate surface area is 128 Å². The molecule has 0 amide bonds. The number of hydrogen-bond donors (Lipinski definition) is 3. The summed E-state index contributed by atoms with van der Waals surface area (Å²) in [6, 6.07) is 5.13. The molecule has 0 aromatic heterocycles. The van der Waals surface area contributed by atoms with E-state index in [0.29, 0.717) is 11.6 Å². The number of phenolic OH excluding ortho intramolecular Hbond substituents is 2. The number of aromatic hydroxyl groups is 2. The first kappa shape index (κ1) is 17.8. The molecule has 0 fully saturated rings. The summed E-state index contributed by atoms with van der Waals surface area (Å²) in [4.78, 5) is 2.42. The van der Waals surface area contributed by atoms with E-state index in [0.717, 1.165) is 32.5 Å². The van der Waals surface area contributed by atoms with E-state index in [9.17, 15) is 10.2 Å². The van der Waals surface area contributed by atoms with Gasteiger partial charge >= 0.3 is 0 Å². The quantitative estimate of drug-likeness (QED) is 0.654. The summed E-state index contributed by atoms with van der Waals surface area (Å²) in [5, 5.41) is 23.2. The Morgan fingerprint density at radius 3 is 2.19 bits per heavy atom. The van der Waals surface area contributed by atoms with E-state index >= 15 is 0 Å². The molecule has 4 heteroatoms. The first-order valence-corrected chi connectivity index (χ1v) is 7.98. The van der Waals surface area contributed by atoms with Gasteiger partial charge in [0.2, 0.25) is 0 Å². The van der Waals surface area contributed by atoms with Crippen molar-refractivity contribution < 1.29 is 10.2 Å². The molecule has 4 nitrogen and oxygen atoms in total. The number of nitrogens with one attached hydrogen (secondary N) is 1. The lowest BCUT2D eigenvalue weighted by Gasteiger charge is -2.23. The first-order valence-electron chi connectivity index (χ1n) is 7.98. The van der Waals surface area contributed by atoms with Crippen LogP contribution in [0.4, 0.5) is 0 Å². The predicted octanol–water partition coefficient (Wildman–Crippen LogP) is 3.26. The highest BCUT2D eigenvalue weighted by molar-refractivity contribution is 5.44. The van der Waals surface area contributed by atoms with Crippen LogP contribution in [0.15, 0.2) is 18.2 Å². The fourth-order valence-electron chi connectivity index (χ4n) is 2.74. The molecular weight excluding hydrogens is 264 g/mol.